The molecular weight excluding hydrogens is 342 g/mol. The van der Waals surface area contributed by atoms with Crippen LogP contribution in [0.5, 0.6) is 0 Å². The second kappa shape index (κ2) is 6.24. The van der Waals surface area contributed by atoms with Crippen molar-refractivity contribution in [1.29, 1.82) is 0 Å². The number of hydrogen-bond donors (Lipinski definition) is 1. The molecule has 0 aliphatic carbocycles. The molecule has 1 aliphatic rings. The Balaban J connectivity index is 1.53. The highest BCUT2D eigenvalue weighted by molar-refractivity contribution is 6.20. The highest BCUT2D eigenvalue weighted by Gasteiger charge is 2.30. The van der Waals surface area contributed by atoms with Crippen LogP contribution in [0.3, 0.4) is 0 Å². The molecule has 1 fully saturated rings. The first-order valence-electron chi connectivity index (χ1n) is 7.63. The highest BCUT2D eigenvalue weighted by Crippen LogP contribution is 2.24. The van der Waals surface area contributed by atoms with Crippen molar-refractivity contribution < 1.29 is 23.3 Å². The summed E-state index contributed by atoms with van der Waals surface area (Å²) in [4.78, 5) is 37.1. The standard InChI is InChI=1S/C16H11N5O5/c22-12-4-5-13(23)21(12)10-3-1-2-9(8-10)14(24)18-16-20-19-15(25-16)11-6-7-17-26-11/h1-3,6-8H,4-5H2,(H,18,20,24). The lowest BCUT2D eigenvalue weighted by atomic mass is 10.2. The minimum absolute atomic E-state index is 0.0693. The van der Waals surface area contributed by atoms with Crippen molar-refractivity contribution in [1.82, 2.24) is 15.4 Å². The van der Waals surface area contributed by atoms with Gasteiger partial charge < -0.3 is 8.94 Å². The summed E-state index contributed by atoms with van der Waals surface area (Å²) in [6, 6.07) is 7.57. The Labute approximate surface area is 145 Å². The smallest absolute Gasteiger partial charge is 0.322 e. The molecule has 10 heteroatoms. The molecule has 0 radical (unpaired) electrons. The van der Waals surface area contributed by atoms with Crippen LogP contribution in [-0.4, -0.2) is 33.1 Å². The van der Waals surface area contributed by atoms with Crippen molar-refractivity contribution in [2.24, 2.45) is 0 Å². The Bertz CT molecular complexity index is 978. The van der Waals surface area contributed by atoms with Gasteiger partial charge in [-0.1, -0.05) is 16.3 Å². The molecule has 1 saturated heterocycles. The van der Waals surface area contributed by atoms with Gasteiger partial charge in [-0.25, -0.2) is 0 Å². The lowest BCUT2D eigenvalue weighted by Crippen LogP contribution is -2.28. The van der Waals surface area contributed by atoms with Crippen molar-refractivity contribution in [3.8, 4) is 11.7 Å². The maximum absolute atomic E-state index is 12.4. The lowest BCUT2D eigenvalue weighted by molar-refractivity contribution is -0.121. The summed E-state index contributed by atoms with van der Waals surface area (Å²) in [6.45, 7) is 0. The second-order valence-electron chi connectivity index (χ2n) is 5.42. The van der Waals surface area contributed by atoms with Gasteiger partial charge >= 0.3 is 6.01 Å². The molecular formula is C16H11N5O5. The Morgan fingerprint density at radius 1 is 1.12 bits per heavy atom. The molecule has 0 atom stereocenters. The fourth-order valence-corrected chi connectivity index (χ4v) is 2.52. The maximum atomic E-state index is 12.4. The fraction of sp³-hybridized carbons (Fsp3) is 0.125. The zero-order valence-electron chi connectivity index (χ0n) is 13.2. The molecule has 130 valence electrons. The van der Waals surface area contributed by atoms with Crippen LogP contribution in [0.4, 0.5) is 11.7 Å². The molecule has 3 aromatic rings. The molecule has 26 heavy (non-hydrogen) atoms. The van der Waals surface area contributed by atoms with E-state index in [1.165, 1.54) is 24.4 Å². The molecule has 3 amide bonds. The molecule has 0 unspecified atom stereocenters. The van der Waals surface area contributed by atoms with Crippen LogP contribution >= 0.6 is 0 Å². The van der Waals surface area contributed by atoms with Crippen molar-refractivity contribution in [3.63, 3.8) is 0 Å². The van der Waals surface area contributed by atoms with Crippen molar-refractivity contribution in [2.45, 2.75) is 12.8 Å². The third-order valence-electron chi connectivity index (χ3n) is 3.71. The first kappa shape index (κ1) is 15.7. The van der Waals surface area contributed by atoms with Gasteiger partial charge in [0.1, 0.15) is 0 Å². The van der Waals surface area contributed by atoms with Crippen LogP contribution in [0, 0.1) is 0 Å². The zero-order valence-corrected chi connectivity index (χ0v) is 13.2. The number of benzene rings is 1. The quantitative estimate of drug-likeness (QED) is 0.700. The number of amides is 3. The van der Waals surface area contributed by atoms with Gasteiger partial charge in [0.15, 0.2) is 0 Å². The molecule has 3 heterocycles. The van der Waals surface area contributed by atoms with Crippen LogP contribution in [0.15, 0.2) is 45.5 Å². The summed E-state index contributed by atoms with van der Waals surface area (Å²) < 4.78 is 10.2. The summed E-state index contributed by atoms with van der Waals surface area (Å²) in [5.74, 6) is -0.771. The summed E-state index contributed by atoms with van der Waals surface area (Å²) >= 11 is 0. The summed E-state index contributed by atoms with van der Waals surface area (Å²) in [5, 5.41) is 13.4. The van der Waals surface area contributed by atoms with E-state index in [4.69, 9.17) is 8.94 Å². The second-order valence-corrected chi connectivity index (χ2v) is 5.42. The first-order valence-corrected chi connectivity index (χ1v) is 7.63. The summed E-state index contributed by atoms with van der Waals surface area (Å²) in [7, 11) is 0. The molecule has 0 saturated carbocycles. The van der Waals surface area contributed by atoms with Gasteiger partial charge in [-0.05, 0) is 18.2 Å². The number of carbonyl (C=O) groups excluding carboxylic acids is 3. The van der Waals surface area contributed by atoms with E-state index in [1.807, 2.05) is 0 Å². The molecule has 10 nitrogen and oxygen atoms in total. The van der Waals surface area contributed by atoms with Crippen LogP contribution in [-0.2, 0) is 9.59 Å². The van der Waals surface area contributed by atoms with Crippen molar-refractivity contribution in [3.05, 3.63) is 42.1 Å². The molecule has 1 N–H and O–H groups in total. The number of nitrogens with one attached hydrogen (secondary N) is 1. The van der Waals surface area contributed by atoms with Crippen LogP contribution in [0.25, 0.3) is 11.7 Å². The molecule has 2 aromatic heterocycles. The Kier molecular flexibility index (Phi) is 3.77. The topological polar surface area (TPSA) is 131 Å². The fourth-order valence-electron chi connectivity index (χ4n) is 2.52. The number of rotatable bonds is 4. The Hall–Kier alpha value is -3.82. The first-order chi connectivity index (χ1) is 12.6. The van der Waals surface area contributed by atoms with Crippen LogP contribution in [0.2, 0.25) is 0 Å². The van der Waals surface area contributed by atoms with Gasteiger partial charge in [0.2, 0.25) is 17.6 Å². The number of hydrogen-bond acceptors (Lipinski definition) is 8. The molecule has 1 aliphatic heterocycles. The number of aromatic nitrogens is 3. The number of nitrogens with zero attached hydrogens (tertiary/aromatic N) is 4. The third-order valence-corrected chi connectivity index (χ3v) is 3.71. The number of imide groups is 1. The van der Waals surface area contributed by atoms with Gasteiger partial charge in [-0.3, -0.25) is 24.6 Å². The minimum atomic E-state index is -0.529. The normalized spacial score (nSPS) is 14.1. The molecule has 0 spiro atoms. The lowest BCUT2D eigenvalue weighted by Gasteiger charge is -2.14. The molecule has 0 bridgehead atoms. The van der Waals surface area contributed by atoms with E-state index >= 15 is 0 Å². The Morgan fingerprint density at radius 3 is 2.65 bits per heavy atom. The predicted octanol–water partition coefficient (Wildman–Crippen LogP) is 1.63. The van der Waals surface area contributed by atoms with E-state index in [0.29, 0.717) is 5.69 Å². The monoisotopic (exact) mass is 353 g/mol. The van der Waals surface area contributed by atoms with E-state index in [1.54, 1.807) is 12.1 Å². The zero-order chi connectivity index (χ0) is 18.1. The maximum Gasteiger partial charge on any atom is 0.322 e. The van der Waals surface area contributed by atoms with Crippen molar-refractivity contribution >= 4 is 29.4 Å². The van der Waals surface area contributed by atoms with Gasteiger partial charge in [0.05, 0.1) is 11.9 Å². The van der Waals surface area contributed by atoms with Crippen molar-refractivity contribution in [2.75, 3.05) is 10.2 Å². The molecule has 1 aromatic carbocycles. The Morgan fingerprint density at radius 2 is 1.92 bits per heavy atom. The van der Waals surface area contributed by atoms with Gasteiger partial charge in [0.25, 0.3) is 11.8 Å². The minimum Gasteiger partial charge on any atom is -0.400 e. The third kappa shape index (κ3) is 2.83. The summed E-state index contributed by atoms with van der Waals surface area (Å²) in [6.07, 6.45) is 1.76. The van der Waals surface area contributed by atoms with Gasteiger partial charge in [0, 0.05) is 24.5 Å². The van der Waals surface area contributed by atoms with E-state index in [-0.39, 0.29) is 47.9 Å². The highest BCUT2D eigenvalue weighted by atomic mass is 16.5. The van der Waals surface area contributed by atoms with E-state index in [2.05, 4.69) is 20.7 Å². The largest absolute Gasteiger partial charge is 0.400 e. The van der Waals surface area contributed by atoms with E-state index in [9.17, 15) is 14.4 Å². The number of carbonyl (C=O) groups is 3. The molecule has 4 rings (SSSR count). The van der Waals surface area contributed by atoms with E-state index < -0.39 is 5.91 Å². The van der Waals surface area contributed by atoms with Gasteiger partial charge in [-0.2, -0.15) is 0 Å². The SMILES string of the molecule is O=C(Nc1nnc(-c2ccno2)o1)c1cccc(N2C(=O)CCC2=O)c1. The van der Waals surface area contributed by atoms with Gasteiger partial charge in [-0.15, -0.1) is 5.10 Å². The summed E-state index contributed by atoms with van der Waals surface area (Å²) in [5.41, 5.74) is 0.576. The predicted molar refractivity (Wildman–Crippen MR) is 85.9 cm³/mol. The number of anilines is 2. The van der Waals surface area contributed by atoms with E-state index in [0.717, 1.165) is 4.90 Å². The van der Waals surface area contributed by atoms with Crippen LogP contribution in [0.1, 0.15) is 23.2 Å². The average molecular weight is 353 g/mol. The van der Waals surface area contributed by atoms with Crippen LogP contribution < -0.4 is 10.2 Å². The average Bonchev–Trinajstić information content (AvgIpc) is 3.37.